The Hall–Kier alpha value is -1.40. The van der Waals surface area contributed by atoms with Gasteiger partial charge in [-0.25, -0.2) is 0 Å². The lowest BCUT2D eigenvalue weighted by Crippen LogP contribution is -2.36. The highest BCUT2D eigenvalue weighted by atomic mass is 16.3. The molecule has 1 fully saturated rings. The van der Waals surface area contributed by atoms with Gasteiger partial charge in [0.2, 0.25) is 5.91 Å². The van der Waals surface area contributed by atoms with Crippen LogP contribution >= 0.6 is 0 Å². The van der Waals surface area contributed by atoms with Crippen molar-refractivity contribution < 1.29 is 9.90 Å². The molecule has 0 radical (unpaired) electrons. The van der Waals surface area contributed by atoms with Crippen LogP contribution in [-0.4, -0.2) is 69.9 Å². The largest absolute Gasteiger partial charge is 0.395 e. The van der Waals surface area contributed by atoms with Crippen LogP contribution in [0.3, 0.4) is 0 Å². The third-order valence-electron chi connectivity index (χ3n) is 4.00. The molecule has 6 nitrogen and oxygen atoms in total. The van der Waals surface area contributed by atoms with E-state index >= 15 is 0 Å². The van der Waals surface area contributed by atoms with Gasteiger partial charge in [0.15, 0.2) is 0 Å². The predicted molar refractivity (Wildman–Crippen MR) is 81.0 cm³/mol. The minimum absolute atomic E-state index is 0.186. The van der Waals surface area contributed by atoms with Crippen LogP contribution < -0.4 is 0 Å². The van der Waals surface area contributed by atoms with E-state index in [1.807, 2.05) is 29.5 Å². The average molecular weight is 294 g/mol. The number of aryl methyl sites for hydroxylation is 3. The molecule has 0 spiro atoms. The van der Waals surface area contributed by atoms with Crippen molar-refractivity contribution in [2.75, 3.05) is 39.3 Å². The summed E-state index contributed by atoms with van der Waals surface area (Å²) >= 11 is 0. The fourth-order valence-corrected chi connectivity index (χ4v) is 2.85. The molecule has 1 aliphatic heterocycles. The number of aliphatic hydroxyl groups excluding tert-OH is 1. The zero-order chi connectivity index (χ0) is 15.2. The van der Waals surface area contributed by atoms with Gasteiger partial charge in [0, 0.05) is 44.8 Å². The van der Waals surface area contributed by atoms with Crippen LogP contribution in [0.2, 0.25) is 0 Å². The summed E-state index contributed by atoms with van der Waals surface area (Å²) in [4.78, 5) is 16.5. The smallest absolute Gasteiger partial charge is 0.224 e. The first-order valence-corrected chi connectivity index (χ1v) is 7.72. The molecule has 2 heterocycles. The molecule has 0 atom stereocenters. The summed E-state index contributed by atoms with van der Waals surface area (Å²) < 4.78 is 1.91. The van der Waals surface area contributed by atoms with Crippen LogP contribution in [0.25, 0.3) is 0 Å². The van der Waals surface area contributed by atoms with E-state index < -0.39 is 0 Å². The lowest BCUT2D eigenvalue weighted by molar-refractivity contribution is -0.131. The Balaban J connectivity index is 1.81. The van der Waals surface area contributed by atoms with E-state index in [9.17, 15) is 4.79 Å². The highest BCUT2D eigenvalue weighted by Crippen LogP contribution is 2.07. The van der Waals surface area contributed by atoms with Crippen LogP contribution in [0.5, 0.6) is 0 Å². The summed E-state index contributed by atoms with van der Waals surface area (Å²) in [5.41, 5.74) is 2.10. The average Bonchev–Trinajstić information content (AvgIpc) is 2.65. The third kappa shape index (κ3) is 4.54. The summed E-state index contributed by atoms with van der Waals surface area (Å²) in [5.74, 6) is 0.202. The number of aromatic nitrogens is 2. The molecule has 118 valence electrons. The lowest BCUT2D eigenvalue weighted by Gasteiger charge is -2.21. The molecule has 0 aromatic carbocycles. The topological polar surface area (TPSA) is 61.6 Å². The first-order chi connectivity index (χ1) is 10.1. The molecule has 21 heavy (non-hydrogen) atoms. The van der Waals surface area contributed by atoms with Crippen molar-refractivity contribution in [3.63, 3.8) is 0 Å². The second-order valence-electron chi connectivity index (χ2n) is 5.70. The molecule has 1 saturated heterocycles. The van der Waals surface area contributed by atoms with Gasteiger partial charge in [0.25, 0.3) is 0 Å². The van der Waals surface area contributed by atoms with Gasteiger partial charge >= 0.3 is 0 Å². The molecule has 1 aromatic heterocycles. The van der Waals surface area contributed by atoms with Crippen molar-refractivity contribution >= 4 is 5.91 Å². The number of amides is 1. The Bertz CT molecular complexity index is 472. The predicted octanol–water partition coefficient (Wildman–Crippen LogP) is 0.417. The Morgan fingerprint density at radius 1 is 1.24 bits per heavy atom. The molecule has 1 aliphatic rings. The van der Waals surface area contributed by atoms with Crippen molar-refractivity contribution in [1.29, 1.82) is 0 Å². The molecule has 2 rings (SSSR count). The van der Waals surface area contributed by atoms with Crippen molar-refractivity contribution in [3.05, 3.63) is 17.5 Å². The number of aliphatic hydroxyl groups is 1. The van der Waals surface area contributed by atoms with Crippen LogP contribution in [0, 0.1) is 13.8 Å². The van der Waals surface area contributed by atoms with E-state index in [-0.39, 0.29) is 12.5 Å². The molecule has 0 aliphatic carbocycles. The minimum Gasteiger partial charge on any atom is -0.395 e. The number of hydrogen-bond acceptors (Lipinski definition) is 4. The number of β-amino-alcohol motifs (C(OH)–C–C–N with tert-alkyl or cyclic N) is 1. The van der Waals surface area contributed by atoms with Crippen LogP contribution in [-0.2, 0) is 11.3 Å². The van der Waals surface area contributed by atoms with E-state index in [0.29, 0.717) is 19.5 Å². The van der Waals surface area contributed by atoms with Crippen LogP contribution in [0.15, 0.2) is 6.07 Å². The van der Waals surface area contributed by atoms with Gasteiger partial charge in [-0.2, -0.15) is 5.10 Å². The fraction of sp³-hybridized carbons (Fsp3) is 0.733. The molecular weight excluding hydrogens is 268 g/mol. The normalized spacial score (nSPS) is 17.0. The van der Waals surface area contributed by atoms with Gasteiger partial charge in [-0.15, -0.1) is 0 Å². The Morgan fingerprint density at radius 2 is 2.05 bits per heavy atom. The summed E-state index contributed by atoms with van der Waals surface area (Å²) in [7, 11) is 0. The van der Waals surface area contributed by atoms with E-state index in [2.05, 4.69) is 10.00 Å². The summed E-state index contributed by atoms with van der Waals surface area (Å²) in [6.07, 6.45) is 1.48. The molecular formula is C15H26N4O2. The number of hydrogen-bond donors (Lipinski definition) is 1. The first kappa shape index (κ1) is 16.0. The molecule has 0 bridgehead atoms. The second-order valence-corrected chi connectivity index (χ2v) is 5.70. The lowest BCUT2D eigenvalue weighted by atomic mass is 10.3. The fourth-order valence-electron chi connectivity index (χ4n) is 2.85. The number of rotatable bonds is 5. The molecule has 1 aromatic rings. The Labute approximate surface area is 126 Å². The molecule has 0 unspecified atom stereocenters. The van der Waals surface area contributed by atoms with E-state index in [4.69, 9.17) is 5.11 Å². The van der Waals surface area contributed by atoms with Crippen LogP contribution in [0.4, 0.5) is 0 Å². The molecule has 6 heteroatoms. The van der Waals surface area contributed by atoms with E-state index in [1.165, 1.54) is 0 Å². The third-order valence-corrected chi connectivity index (χ3v) is 4.00. The van der Waals surface area contributed by atoms with Gasteiger partial charge < -0.3 is 10.0 Å². The maximum absolute atomic E-state index is 12.3. The quantitative estimate of drug-likeness (QED) is 0.855. The van der Waals surface area contributed by atoms with Crippen LogP contribution in [0.1, 0.15) is 24.2 Å². The van der Waals surface area contributed by atoms with Crippen molar-refractivity contribution in [2.45, 2.75) is 33.2 Å². The van der Waals surface area contributed by atoms with Crippen molar-refractivity contribution in [2.24, 2.45) is 0 Å². The highest BCUT2D eigenvalue weighted by molar-refractivity contribution is 5.76. The maximum atomic E-state index is 12.3. The Morgan fingerprint density at radius 3 is 2.71 bits per heavy atom. The zero-order valence-electron chi connectivity index (χ0n) is 13.1. The second kappa shape index (κ2) is 7.56. The zero-order valence-corrected chi connectivity index (χ0v) is 13.1. The Kier molecular flexibility index (Phi) is 5.76. The van der Waals surface area contributed by atoms with Gasteiger partial charge in [0.1, 0.15) is 0 Å². The molecule has 0 saturated carbocycles. The minimum atomic E-state index is 0.186. The summed E-state index contributed by atoms with van der Waals surface area (Å²) in [5, 5.41) is 13.4. The summed E-state index contributed by atoms with van der Waals surface area (Å²) in [6.45, 7) is 8.91. The number of carbonyl (C=O) groups excluding carboxylic acids is 1. The van der Waals surface area contributed by atoms with Gasteiger partial charge in [-0.05, 0) is 32.9 Å². The number of carbonyl (C=O) groups is 1. The standard InChI is InChI=1S/C15H26N4O2/c1-13-12-14(2)19(16-13)7-4-15(21)18-6-3-5-17(8-9-18)10-11-20/h12,20H,3-11H2,1-2H3. The van der Waals surface area contributed by atoms with Crippen molar-refractivity contribution in [1.82, 2.24) is 19.6 Å². The first-order valence-electron chi connectivity index (χ1n) is 7.72. The van der Waals surface area contributed by atoms with E-state index in [1.54, 1.807) is 0 Å². The summed E-state index contributed by atoms with van der Waals surface area (Å²) in [6, 6.07) is 2.03. The highest BCUT2D eigenvalue weighted by Gasteiger charge is 2.18. The van der Waals surface area contributed by atoms with Crippen molar-refractivity contribution in [3.8, 4) is 0 Å². The van der Waals surface area contributed by atoms with E-state index in [0.717, 1.165) is 44.0 Å². The SMILES string of the molecule is Cc1cc(C)n(CCC(=O)N2CCCN(CCO)CC2)n1. The monoisotopic (exact) mass is 294 g/mol. The maximum Gasteiger partial charge on any atom is 0.224 e. The van der Waals surface area contributed by atoms with Gasteiger partial charge in [-0.3, -0.25) is 14.4 Å². The molecule has 1 N–H and O–H groups in total. The van der Waals surface area contributed by atoms with Gasteiger partial charge in [-0.1, -0.05) is 0 Å². The number of nitrogens with zero attached hydrogens (tertiary/aromatic N) is 4. The molecule has 1 amide bonds. The van der Waals surface area contributed by atoms with Gasteiger partial charge in [0.05, 0.1) is 12.3 Å².